The summed E-state index contributed by atoms with van der Waals surface area (Å²) in [6.07, 6.45) is -0.533. The Hall–Kier alpha value is -4.14. The van der Waals surface area contributed by atoms with Crippen LogP contribution in [-0.4, -0.2) is 20.7 Å². The Morgan fingerprint density at radius 1 is 1.09 bits per heavy atom. The maximum Gasteiger partial charge on any atom is 0.416 e. The first-order valence-corrected chi connectivity index (χ1v) is 9.64. The lowest BCUT2D eigenvalue weighted by Gasteiger charge is -2.14. The van der Waals surface area contributed by atoms with E-state index in [4.69, 9.17) is 4.42 Å². The summed E-state index contributed by atoms with van der Waals surface area (Å²) >= 11 is 0. The molecule has 0 fully saturated rings. The van der Waals surface area contributed by atoms with Crippen molar-refractivity contribution in [2.45, 2.75) is 12.6 Å². The number of amides is 1. The van der Waals surface area contributed by atoms with E-state index >= 15 is 0 Å². The summed E-state index contributed by atoms with van der Waals surface area (Å²) in [7, 11) is 0. The second-order valence-electron chi connectivity index (χ2n) is 7.22. The van der Waals surface area contributed by atoms with Gasteiger partial charge in [-0.15, -0.1) is 0 Å². The number of carbonyl (C=O) groups excluding carboxylic acids is 1. The molecule has 2 heterocycles. The molecule has 160 valence electrons. The maximum absolute atomic E-state index is 13.2. The minimum atomic E-state index is -4.56. The smallest absolute Gasteiger partial charge is 0.416 e. The molecule has 5 aromatic rings. The zero-order valence-electron chi connectivity index (χ0n) is 16.4. The fourth-order valence-corrected chi connectivity index (χ4v) is 3.72. The first-order valence-electron chi connectivity index (χ1n) is 9.64. The molecule has 2 aromatic heterocycles. The number of furan rings is 1. The molecule has 5 rings (SSSR count). The number of nitrogens with zero attached hydrogens (tertiary/aromatic N) is 3. The number of anilines is 1. The molecule has 0 radical (unpaired) electrons. The van der Waals surface area contributed by atoms with E-state index in [2.05, 4.69) is 15.4 Å². The third kappa shape index (κ3) is 3.58. The number of alkyl halides is 3. The molecule has 0 spiro atoms. The molecule has 9 heteroatoms. The molecule has 1 N–H and O–H groups in total. The predicted molar refractivity (Wildman–Crippen MR) is 112 cm³/mol. The van der Waals surface area contributed by atoms with Crippen LogP contribution in [0.3, 0.4) is 0 Å². The van der Waals surface area contributed by atoms with E-state index < -0.39 is 17.6 Å². The van der Waals surface area contributed by atoms with Crippen LogP contribution in [0.1, 0.15) is 11.1 Å². The van der Waals surface area contributed by atoms with Crippen molar-refractivity contribution in [1.82, 2.24) is 14.8 Å². The highest BCUT2D eigenvalue weighted by molar-refractivity contribution is 6.09. The van der Waals surface area contributed by atoms with Crippen molar-refractivity contribution < 1.29 is 22.4 Å². The van der Waals surface area contributed by atoms with E-state index in [-0.39, 0.29) is 17.8 Å². The van der Waals surface area contributed by atoms with Crippen LogP contribution >= 0.6 is 0 Å². The Kier molecular flexibility index (Phi) is 4.66. The number of carbonyl (C=O) groups is 1. The lowest BCUT2D eigenvalue weighted by molar-refractivity contribution is -0.137. The van der Waals surface area contributed by atoms with Crippen molar-refractivity contribution in [3.63, 3.8) is 0 Å². The lowest BCUT2D eigenvalue weighted by atomic mass is 10.0. The van der Waals surface area contributed by atoms with Crippen molar-refractivity contribution in [3.05, 3.63) is 84.6 Å². The zero-order valence-corrected chi connectivity index (χ0v) is 16.4. The fraction of sp³-hybridized carbons (Fsp3) is 0.0870. The summed E-state index contributed by atoms with van der Waals surface area (Å²) in [6, 6.07) is 14.5. The second-order valence-corrected chi connectivity index (χ2v) is 7.22. The van der Waals surface area contributed by atoms with Gasteiger partial charge in [-0.3, -0.25) is 4.79 Å². The molecule has 0 saturated carbocycles. The molecule has 1 amide bonds. The Balaban J connectivity index is 1.50. The number of nitrogens with one attached hydrogen (secondary N) is 1. The Bertz CT molecular complexity index is 1440. The van der Waals surface area contributed by atoms with Gasteiger partial charge in [-0.2, -0.15) is 18.3 Å². The number of benzene rings is 3. The van der Waals surface area contributed by atoms with Gasteiger partial charge >= 0.3 is 6.18 Å². The van der Waals surface area contributed by atoms with Crippen LogP contribution in [0.5, 0.6) is 0 Å². The molecule has 0 aliphatic carbocycles. The van der Waals surface area contributed by atoms with E-state index in [1.165, 1.54) is 29.7 Å². The van der Waals surface area contributed by atoms with E-state index in [0.29, 0.717) is 11.1 Å². The molecule has 0 bridgehead atoms. The third-order valence-electron chi connectivity index (χ3n) is 5.15. The van der Waals surface area contributed by atoms with Crippen LogP contribution in [0.2, 0.25) is 0 Å². The van der Waals surface area contributed by atoms with Gasteiger partial charge in [0, 0.05) is 10.9 Å². The van der Waals surface area contributed by atoms with E-state index in [1.54, 1.807) is 0 Å². The third-order valence-corrected chi connectivity index (χ3v) is 5.15. The van der Waals surface area contributed by atoms with Gasteiger partial charge < -0.3 is 9.73 Å². The lowest BCUT2D eigenvalue weighted by Crippen LogP contribution is -2.17. The molecule has 3 aromatic carbocycles. The van der Waals surface area contributed by atoms with Crippen LogP contribution in [0.15, 0.2) is 77.9 Å². The molecule has 6 nitrogen and oxygen atoms in total. The van der Waals surface area contributed by atoms with Crippen LogP contribution in [0.25, 0.3) is 27.4 Å². The largest absolute Gasteiger partial charge is 0.464 e. The summed E-state index contributed by atoms with van der Waals surface area (Å²) in [5.74, 6) is -0.485. The standard InChI is InChI=1S/C23H15F3N4O2/c24-23(25,26)16-6-7-19(30-13-27-12-28-30)18(10-16)29-21(31)9-15-11-32-20-8-5-14-3-1-2-4-17(14)22(15)20/h1-8,10-13H,9H2,(H,29,31). The SMILES string of the molecule is O=C(Cc1coc2ccc3ccccc3c12)Nc1cc(C(F)(F)F)ccc1-n1cncn1. The summed E-state index contributed by atoms with van der Waals surface area (Å²) in [4.78, 5) is 16.7. The Labute approximate surface area is 179 Å². The zero-order chi connectivity index (χ0) is 22.3. The topological polar surface area (TPSA) is 73.0 Å². The van der Waals surface area contributed by atoms with Gasteiger partial charge in [0.1, 0.15) is 18.2 Å². The Morgan fingerprint density at radius 3 is 2.72 bits per heavy atom. The summed E-state index contributed by atoms with van der Waals surface area (Å²) in [6.45, 7) is 0. The normalized spacial score (nSPS) is 11.8. The number of fused-ring (bicyclic) bond motifs is 3. The molecule has 0 aliphatic rings. The van der Waals surface area contributed by atoms with Crippen LogP contribution in [0.4, 0.5) is 18.9 Å². The summed E-state index contributed by atoms with van der Waals surface area (Å²) < 4.78 is 46.6. The van der Waals surface area contributed by atoms with Crippen molar-refractivity contribution in [2.75, 3.05) is 5.32 Å². The first kappa shape index (κ1) is 19.8. The van der Waals surface area contributed by atoms with Crippen LogP contribution in [-0.2, 0) is 17.4 Å². The Morgan fingerprint density at radius 2 is 1.94 bits per heavy atom. The average Bonchev–Trinajstić information content (AvgIpc) is 3.43. The molecule has 0 saturated heterocycles. The van der Waals surface area contributed by atoms with Gasteiger partial charge in [0.05, 0.1) is 29.6 Å². The average molecular weight is 436 g/mol. The van der Waals surface area contributed by atoms with Gasteiger partial charge in [0.25, 0.3) is 0 Å². The first-order chi connectivity index (χ1) is 15.4. The van der Waals surface area contributed by atoms with Gasteiger partial charge in [0.15, 0.2) is 0 Å². The molecule has 0 aliphatic heterocycles. The minimum absolute atomic E-state index is 0.0204. The predicted octanol–water partition coefficient (Wildman–Crippen LogP) is 5.37. The number of hydrogen-bond acceptors (Lipinski definition) is 4. The number of hydrogen-bond donors (Lipinski definition) is 1. The fourth-order valence-electron chi connectivity index (χ4n) is 3.72. The molecule has 0 unspecified atom stereocenters. The second kappa shape index (κ2) is 7.52. The van der Waals surface area contributed by atoms with Gasteiger partial charge in [-0.05, 0) is 35.0 Å². The van der Waals surface area contributed by atoms with Crippen LogP contribution < -0.4 is 5.32 Å². The maximum atomic E-state index is 13.2. The quantitative estimate of drug-likeness (QED) is 0.411. The molecular formula is C23H15F3N4O2. The highest BCUT2D eigenvalue weighted by atomic mass is 19.4. The van der Waals surface area contributed by atoms with Crippen molar-refractivity contribution in [3.8, 4) is 5.69 Å². The van der Waals surface area contributed by atoms with Gasteiger partial charge in [-0.25, -0.2) is 9.67 Å². The molecule has 0 atom stereocenters. The number of rotatable bonds is 4. The number of aromatic nitrogens is 3. The van der Waals surface area contributed by atoms with Crippen LogP contribution in [0, 0.1) is 0 Å². The molecular weight excluding hydrogens is 421 g/mol. The van der Waals surface area contributed by atoms with E-state index in [9.17, 15) is 18.0 Å². The van der Waals surface area contributed by atoms with E-state index in [1.807, 2.05) is 36.4 Å². The van der Waals surface area contributed by atoms with E-state index in [0.717, 1.165) is 28.3 Å². The van der Waals surface area contributed by atoms with Crippen molar-refractivity contribution >= 4 is 33.3 Å². The van der Waals surface area contributed by atoms with Gasteiger partial charge in [-0.1, -0.05) is 30.3 Å². The van der Waals surface area contributed by atoms with Crippen molar-refractivity contribution in [2.24, 2.45) is 0 Å². The monoisotopic (exact) mass is 436 g/mol. The summed E-state index contributed by atoms with van der Waals surface area (Å²) in [5, 5.41) is 9.28. The minimum Gasteiger partial charge on any atom is -0.464 e. The highest BCUT2D eigenvalue weighted by Crippen LogP contribution is 2.34. The number of halogens is 3. The van der Waals surface area contributed by atoms with Crippen molar-refractivity contribution in [1.29, 1.82) is 0 Å². The summed E-state index contributed by atoms with van der Waals surface area (Å²) in [5.41, 5.74) is 0.646. The highest BCUT2D eigenvalue weighted by Gasteiger charge is 2.31. The molecule has 32 heavy (non-hydrogen) atoms. The van der Waals surface area contributed by atoms with Gasteiger partial charge in [0.2, 0.25) is 5.91 Å².